The van der Waals surface area contributed by atoms with Gasteiger partial charge in [0.25, 0.3) is 0 Å². The first-order valence-electron chi connectivity index (χ1n) is 7.90. The number of aliphatic hydroxyl groups excluding tert-OH is 2. The van der Waals surface area contributed by atoms with Gasteiger partial charge >= 0.3 is 0 Å². The number of nitrogens with zero attached hydrogens (tertiary/aromatic N) is 3. The van der Waals surface area contributed by atoms with Gasteiger partial charge in [0.15, 0.2) is 0 Å². The van der Waals surface area contributed by atoms with Crippen LogP contribution in [0.4, 0.5) is 11.6 Å². The smallest absolute Gasteiger partial charge is 0.134 e. The fourth-order valence-corrected chi connectivity index (χ4v) is 3.34. The van der Waals surface area contributed by atoms with Gasteiger partial charge in [-0.25, -0.2) is 9.97 Å². The van der Waals surface area contributed by atoms with Gasteiger partial charge in [-0.2, -0.15) is 0 Å². The Morgan fingerprint density at radius 3 is 2.76 bits per heavy atom. The normalized spacial score (nSPS) is 29.6. The van der Waals surface area contributed by atoms with Crippen molar-refractivity contribution in [2.75, 3.05) is 23.4 Å². The lowest BCUT2D eigenvalue weighted by Gasteiger charge is -2.27. The molecular weight excluding hydrogens is 268 g/mol. The van der Waals surface area contributed by atoms with Crippen LogP contribution in [0.5, 0.6) is 0 Å². The van der Waals surface area contributed by atoms with Crippen LogP contribution in [-0.2, 0) is 0 Å². The zero-order valence-electron chi connectivity index (χ0n) is 12.3. The van der Waals surface area contributed by atoms with Crippen molar-refractivity contribution in [2.24, 2.45) is 0 Å². The van der Waals surface area contributed by atoms with Crippen molar-refractivity contribution < 1.29 is 10.2 Å². The summed E-state index contributed by atoms with van der Waals surface area (Å²) in [6.07, 6.45) is 7.22. The maximum absolute atomic E-state index is 9.55. The van der Waals surface area contributed by atoms with Crippen LogP contribution in [0.3, 0.4) is 0 Å². The molecule has 1 aromatic rings. The number of anilines is 2. The van der Waals surface area contributed by atoms with E-state index in [2.05, 4.69) is 20.2 Å². The molecule has 2 aliphatic rings. The van der Waals surface area contributed by atoms with Gasteiger partial charge in [0.2, 0.25) is 0 Å². The van der Waals surface area contributed by atoms with E-state index in [9.17, 15) is 10.2 Å². The van der Waals surface area contributed by atoms with Gasteiger partial charge < -0.3 is 20.4 Å². The molecule has 6 heteroatoms. The summed E-state index contributed by atoms with van der Waals surface area (Å²) in [5.74, 6) is 1.73. The lowest BCUT2D eigenvalue weighted by atomic mass is 9.93. The van der Waals surface area contributed by atoms with Crippen molar-refractivity contribution in [3.05, 3.63) is 12.4 Å². The number of rotatable bonds is 4. The average molecular weight is 292 g/mol. The molecule has 2 fully saturated rings. The molecule has 3 N–H and O–H groups in total. The molecule has 0 radical (unpaired) electrons. The molecule has 116 valence electrons. The second-order valence-electron chi connectivity index (χ2n) is 6.08. The number of nitrogens with one attached hydrogen (secondary N) is 1. The van der Waals surface area contributed by atoms with Crippen molar-refractivity contribution in [1.82, 2.24) is 9.97 Å². The van der Waals surface area contributed by atoms with Crippen LogP contribution in [0.1, 0.15) is 38.5 Å². The summed E-state index contributed by atoms with van der Waals surface area (Å²) in [6, 6.07) is 2.53. The van der Waals surface area contributed by atoms with Gasteiger partial charge in [0.1, 0.15) is 18.0 Å². The predicted molar refractivity (Wildman–Crippen MR) is 81.4 cm³/mol. The third kappa shape index (κ3) is 3.44. The summed E-state index contributed by atoms with van der Waals surface area (Å²) < 4.78 is 0. The molecule has 2 heterocycles. The Balaban J connectivity index is 1.65. The van der Waals surface area contributed by atoms with E-state index in [0.29, 0.717) is 6.04 Å². The van der Waals surface area contributed by atoms with Crippen LogP contribution >= 0.6 is 0 Å². The predicted octanol–water partition coefficient (Wildman–Crippen LogP) is 1.15. The molecule has 21 heavy (non-hydrogen) atoms. The Hall–Kier alpha value is -1.40. The molecule has 0 amide bonds. The van der Waals surface area contributed by atoms with Crippen molar-refractivity contribution in [1.29, 1.82) is 0 Å². The zero-order chi connectivity index (χ0) is 14.7. The molecule has 1 atom stereocenters. The summed E-state index contributed by atoms with van der Waals surface area (Å²) in [5, 5.41) is 22.4. The van der Waals surface area contributed by atoms with Crippen LogP contribution in [0.15, 0.2) is 12.4 Å². The van der Waals surface area contributed by atoms with E-state index in [4.69, 9.17) is 0 Å². The van der Waals surface area contributed by atoms with Gasteiger partial charge in [-0.15, -0.1) is 0 Å². The van der Waals surface area contributed by atoms with Crippen LogP contribution < -0.4 is 10.2 Å². The first-order valence-corrected chi connectivity index (χ1v) is 7.90. The molecule has 6 nitrogen and oxygen atoms in total. The molecule has 3 rings (SSSR count). The minimum absolute atomic E-state index is 0.140. The molecule has 1 saturated carbocycles. The molecule has 0 spiro atoms. The molecular formula is C15H24N4O2. The van der Waals surface area contributed by atoms with Crippen LogP contribution in [0, 0.1) is 0 Å². The Morgan fingerprint density at radius 1 is 1.19 bits per heavy atom. The highest BCUT2D eigenvalue weighted by molar-refractivity contribution is 5.50. The highest BCUT2D eigenvalue weighted by atomic mass is 16.3. The van der Waals surface area contributed by atoms with Gasteiger partial charge in [0.05, 0.1) is 18.8 Å². The number of hydrogen-bond acceptors (Lipinski definition) is 6. The van der Waals surface area contributed by atoms with Gasteiger partial charge in [0, 0.05) is 18.7 Å². The van der Waals surface area contributed by atoms with Crippen LogP contribution in [0.25, 0.3) is 0 Å². The third-order valence-corrected chi connectivity index (χ3v) is 4.58. The minimum Gasteiger partial charge on any atom is -0.394 e. The van der Waals surface area contributed by atoms with E-state index in [0.717, 1.165) is 56.7 Å². The van der Waals surface area contributed by atoms with E-state index in [-0.39, 0.29) is 18.8 Å². The molecule has 1 aliphatic heterocycles. The quantitative estimate of drug-likeness (QED) is 0.772. The van der Waals surface area contributed by atoms with Gasteiger partial charge in [-0.05, 0) is 38.5 Å². The SMILES string of the molecule is OC[C@H]1CCCN1c1cc(NC2CCC(O)CC2)ncn1. The van der Waals surface area contributed by atoms with E-state index >= 15 is 0 Å². The fourth-order valence-electron chi connectivity index (χ4n) is 3.34. The monoisotopic (exact) mass is 292 g/mol. The largest absolute Gasteiger partial charge is 0.394 e. The Bertz CT molecular complexity index is 463. The number of hydrogen-bond donors (Lipinski definition) is 3. The first-order chi connectivity index (χ1) is 10.3. The lowest BCUT2D eigenvalue weighted by molar-refractivity contribution is 0.126. The third-order valence-electron chi connectivity index (χ3n) is 4.58. The summed E-state index contributed by atoms with van der Waals surface area (Å²) in [6.45, 7) is 1.12. The highest BCUT2D eigenvalue weighted by Crippen LogP contribution is 2.26. The summed E-state index contributed by atoms with van der Waals surface area (Å²) in [7, 11) is 0. The molecule has 1 saturated heterocycles. The van der Waals surface area contributed by atoms with Gasteiger partial charge in [-0.1, -0.05) is 0 Å². The molecule has 0 aromatic carbocycles. The Morgan fingerprint density at radius 2 is 2.00 bits per heavy atom. The van der Waals surface area contributed by atoms with E-state index < -0.39 is 0 Å². The maximum atomic E-state index is 9.55. The van der Waals surface area contributed by atoms with E-state index in [1.807, 2.05) is 6.07 Å². The molecule has 0 bridgehead atoms. The van der Waals surface area contributed by atoms with Crippen LogP contribution in [0.2, 0.25) is 0 Å². The Kier molecular flexibility index (Phi) is 4.55. The molecule has 1 aliphatic carbocycles. The summed E-state index contributed by atoms with van der Waals surface area (Å²) in [5.41, 5.74) is 0. The number of aliphatic hydroxyl groups is 2. The maximum Gasteiger partial charge on any atom is 0.134 e. The van der Waals surface area contributed by atoms with Crippen molar-refractivity contribution in [3.8, 4) is 0 Å². The second kappa shape index (κ2) is 6.58. The molecule has 0 unspecified atom stereocenters. The number of aromatic nitrogens is 2. The standard InChI is InChI=1S/C15H24N4O2/c20-9-12-2-1-7-19(12)15-8-14(16-10-17-15)18-11-3-5-13(21)6-4-11/h8,10-13,20-21H,1-7,9H2,(H,16,17,18)/t11?,12-,13?/m1/s1. The second-order valence-corrected chi connectivity index (χ2v) is 6.08. The summed E-state index contributed by atoms with van der Waals surface area (Å²) >= 11 is 0. The van der Waals surface area contributed by atoms with Crippen molar-refractivity contribution in [2.45, 2.75) is 56.7 Å². The topological polar surface area (TPSA) is 81.5 Å². The van der Waals surface area contributed by atoms with E-state index in [1.165, 1.54) is 0 Å². The fraction of sp³-hybridized carbons (Fsp3) is 0.733. The molecule has 1 aromatic heterocycles. The van der Waals surface area contributed by atoms with Gasteiger partial charge in [-0.3, -0.25) is 0 Å². The minimum atomic E-state index is -0.140. The van der Waals surface area contributed by atoms with Crippen LogP contribution in [-0.4, -0.2) is 51.5 Å². The van der Waals surface area contributed by atoms with E-state index in [1.54, 1.807) is 6.33 Å². The lowest BCUT2D eigenvalue weighted by Crippen LogP contribution is -2.33. The zero-order valence-corrected chi connectivity index (χ0v) is 12.3. The van der Waals surface area contributed by atoms with Crippen molar-refractivity contribution in [3.63, 3.8) is 0 Å². The highest BCUT2D eigenvalue weighted by Gasteiger charge is 2.25. The summed E-state index contributed by atoms with van der Waals surface area (Å²) in [4.78, 5) is 10.8. The Labute approximate surface area is 125 Å². The van der Waals surface area contributed by atoms with Crippen molar-refractivity contribution >= 4 is 11.6 Å². The first kappa shape index (κ1) is 14.5. The average Bonchev–Trinajstić information content (AvgIpc) is 2.98.